The molecule has 0 rings (SSSR count). The van der Waals surface area contributed by atoms with E-state index >= 15 is 0 Å². The third-order valence-electron chi connectivity index (χ3n) is 6.45. The van der Waals surface area contributed by atoms with Crippen molar-refractivity contribution in [2.45, 2.75) is 117 Å². The maximum absolute atomic E-state index is 11.6. The Hall–Kier alpha value is -0.236. The molecule has 3 nitrogen and oxygen atoms in total. The minimum atomic E-state index is -1.77. The van der Waals surface area contributed by atoms with E-state index in [2.05, 4.69) is 61.5 Å². The van der Waals surface area contributed by atoms with Gasteiger partial charge in [0.25, 0.3) is 0 Å². The number of rotatable bonds is 15. The molecular weight excluding hydrogens is 368 g/mol. The summed E-state index contributed by atoms with van der Waals surface area (Å²) in [5.74, 6) is -0.0980. The van der Waals surface area contributed by atoms with E-state index in [0.29, 0.717) is 0 Å². The van der Waals surface area contributed by atoms with E-state index in [0.717, 1.165) is 49.0 Å². The fraction of sp³-hybridized carbons (Fsp3) is 0.864. The summed E-state index contributed by atoms with van der Waals surface area (Å²) >= 11 is 0. The summed E-state index contributed by atoms with van der Waals surface area (Å²) < 4.78 is 13.6. The zero-order chi connectivity index (χ0) is 21.1. The van der Waals surface area contributed by atoms with Crippen LogP contribution in [-0.2, 0) is 13.6 Å². The molecule has 0 bridgehead atoms. The molecule has 0 spiro atoms. The summed E-state index contributed by atoms with van der Waals surface area (Å²) in [5, 5.41) is 0. The van der Waals surface area contributed by atoms with Gasteiger partial charge in [0.05, 0.1) is 12.2 Å². The second kappa shape index (κ2) is 13.1. The van der Waals surface area contributed by atoms with Crippen LogP contribution in [0.3, 0.4) is 0 Å². The van der Waals surface area contributed by atoms with Crippen LogP contribution in [0.5, 0.6) is 0 Å². The van der Waals surface area contributed by atoms with Gasteiger partial charge in [-0.3, -0.25) is 0 Å². The highest BCUT2D eigenvalue weighted by Crippen LogP contribution is 2.31. The minimum Gasteiger partial charge on any atom is -0.413 e. The van der Waals surface area contributed by atoms with Crippen molar-refractivity contribution >= 4 is 22.9 Å². The van der Waals surface area contributed by atoms with E-state index in [1.165, 1.54) is 5.57 Å². The van der Waals surface area contributed by atoms with Gasteiger partial charge in [-0.2, -0.15) is 0 Å². The summed E-state index contributed by atoms with van der Waals surface area (Å²) in [4.78, 5) is 11.6. The quantitative estimate of drug-likeness (QED) is 0.165. The maximum atomic E-state index is 11.6. The standard InChI is InChI=1S/C22H46O3Si2/c1-10-26(11-2,12-3)24-21(16-19(7)8)17-22(20(9)18-23)25-27(13-4,14-5)15-6/h16,18,20-22H,10-15,17H2,1-9H3/t20-,21-,22+/m1/s1. The number of hydrogen-bond donors (Lipinski definition) is 0. The predicted molar refractivity (Wildman–Crippen MR) is 123 cm³/mol. The Kier molecular flexibility index (Phi) is 13.0. The molecule has 0 aromatic heterocycles. The molecule has 0 aromatic carbocycles. The normalized spacial score (nSPS) is 15.9. The van der Waals surface area contributed by atoms with Crippen LogP contribution in [0.1, 0.15) is 68.7 Å². The van der Waals surface area contributed by atoms with Crippen molar-refractivity contribution in [3.05, 3.63) is 11.6 Å². The zero-order valence-electron chi connectivity index (χ0n) is 19.6. The molecule has 0 heterocycles. The zero-order valence-corrected chi connectivity index (χ0v) is 21.6. The first kappa shape index (κ1) is 26.8. The Morgan fingerprint density at radius 2 is 1.22 bits per heavy atom. The van der Waals surface area contributed by atoms with Crippen LogP contribution >= 0.6 is 0 Å². The lowest BCUT2D eigenvalue weighted by atomic mass is 10.00. The third-order valence-corrected chi connectivity index (χ3v) is 15.8. The summed E-state index contributed by atoms with van der Waals surface area (Å²) in [6.45, 7) is 19.8. The molecule has 0 fully saturated rings. The molecular formula is C22H46O3Si2. The Labute approximate surface area is 171 Å². The van der Waals surface area contributed by atoms with Crippen LogP contribution in [0.15, 0.2) is 11.6 Å². The monoisotopic (exact) mass is 414 g/mol. The van der Waals surface area contributed by atoms with Crippen LogP contribution in [0, 0.1) is 5.92 Å². The van der Waals surface area contributed by atoms with Gasteiger partial charge in [0.2, 0.25) is 0 Å². The molecule has 0 amide bonds. The van der Waals surface area contributed by atoms with Crippen molar-refractivity contribution in [3.8, 4) is 0 Å². The van der Waals surface area contributed by atoms with Crippen LogP contribution in [0.25, 0.3) is 0 Å². The Bertz CT molecular complexity index is 422. The van der Waals surface area contributed by atoms with Gasteiger partial charge >= 0.3 is 0 Å². The molecule has 0 aliphatic rings. The Balaban J connectivity index is 5.68. The molecule has 0 radical (unpaired) electrons. The van der Waals surface area contributed by atoms with Gasteiger partial charge in [-0.15, -0.1) is 0 Å². The smallest absolute Gasteiger partial charge is 0.192 e. The third kappa shape index (κ3) is 8.34. The van der Waals surface area contributed by atoms with Gasteiger partial charge < -0.3 is 13.6 Å². The highest BCUT2D eigenvalue weighted by atomic mass is 28.4. The molecule has 0 unspecified atom stereocenters. The van der Waals surface area contributed by atoms with Crippen molar-refractivity contribution in [1.82, 2.24) is 0 Å². The SMILES string of the molecule is CC[Si](CC)(CC)O[C@H](C=C(C)C)C[C@H](O[Si](CC)(CC)CC)[C@H](C)C=O. The van der Waals surface area contributed by atoms with E-state index in [4.69, 9.17) is 8.85 Å². The van der Waals surface area contributed by atoms with E-state index in [-0.39, 0.29) is 18.1 Å². The second-order valence-corrected chi connectivity index (χ2v) is 17.7. The topological polar surface area (TPSA) is 35.5 Å². The average molecular weight is 415 g/mol. The molecule has 27 heavy (non-hydrogen) atoms. The summed E-state index contributed by atoms with van der Waals surface area (Å²) in [7, 11) is -3.49. The van der Waals surface area contributed by atoms with Gasteiger partial charge in [-0.05, 0) is 50.1 Å². The van der Waals surface area contributed by atoms with Crippen molar-refractivity contribution in [1.29, 1.82) is 0 Å². The van der Waals surface area contributed by atoms with Crippen LogP contribution in [-0.4, -0.2) is 35.1 Å². The number of carbonyl (C=O) groups excluding carboxylic acids is 1. The molecule has 0 saturated carbocycles. The van der Waals surface area contributed by atoms with Gasteiger partial charge in [0, 0.05) is 12.3 Å². The van der Waals surface area contributed by atoms with Gasteiger partial charge in [0.1, 0.15) is 6.29 Å². The van der Waals surface area contributed by atoms with E-state index in [1.807, 2.05) is 6.92 Å². The highest BCUT2D eigenvalue weighted by Gasteiger charge is 2.37. The maximum Gasteiger partial charge on any atom is 0.192 e. The number of carbonyl (C=O) groups is 1. The molecule has 0 N–H and O–H groups in total. The largest absolute Gasteiger partial charge is 0.413 e. The first-order valence-electron chi connectivity index (χ1n) is 11.2. The van der Waals surface area contributed by atoms with Crippen molar-refractivity contribution in [2.75, 3.05) is 0 Å². The lowest BCUT2D eigenvalue weighted by Gasteiger charge is -2.38. The number of hydrogen-bond acceptors (Lipinski definition) is 3. The first-order valence-corrected chi connectivity index (χ1v) is 16.2. The summed E-state index contributed by atoms with van der Waals surface area (Å²) in [5.41, 5.74) is 1.27. The van der Waals surface area contributed by atoms with Crippen molar-refractivity contribution in [3.63, 3.8) is 0 Å². The average Bonchev–Trinajstić information content (AvgIpc) is 2.68. The van der Waals surface area contributed by atoms with Crippen LogP contribution in [0.4, 0.5) is 0 Å². The van der Waals surface area contributed by atoms with Crippen LogP contribution < -0.4 is 0 Å². The molecule has 160 valence electrons. The van der Waals surface area contributed by atoms with Crippen LogP contribution in [0.2, 0.25) is 36.3 Å². The molecule has 0 aliphatic heterocycles. The van der Waals surface area contributed by atoms with Gasteiger partial charge in [0.15, 0.2) is 16.6 Å². The molecule has 0 aliphatic carbocycles. The van der Waals surface area contributed by atoms with E-state index in [9.17, 15) is 4.79 Å². The van der Waals surface area contributed by atoms with Gasteiger partial charge in [-0.1, -0.05) is 60.1 Å². The van der Waals surface area contributed by atoms with Crippen molar-refractivity contribution < 1.29 is 13.6 Å². The second-order valence-electron chi connectivity index (χ2n) is 8.27. The Morgan fingerprint density at radius 1 is 0.815 bits per heavy atom. The molecule has 0 aromatic rings. The lowest BCUT2D eigenvalue weighted by Crippen LogP contribution is -2.45. The van der Waals surface area contributed by atoms with E-state index < -0.39 is 16.6 Å². The summed E-state index contributed by atoms with van der Waals surface area (Å²) in [6, 6.07) is 6.73. The predicted octanol–water partition coefficient (Wildman–Crippen LogP) is 6.96. The molecule has 5 heteroatoms. The first-order chi connectivity index (χ1) is 12.7. The van der Waals surface area contributed by atoms with E-state index in [1.54, 1.807) is 0 Å². The minimum absolute atomic E-state index is 0.0474. The fourth-order valence-electron chi connectivity index (χ4n) is 3.85. The number of aldehydes is 1. The molecule has 0 saturated heterocycles. The number of allylic oxidation sites excluding steroid dienone is 1. The fourth-order valence-corrected chi connectivity index (χ4v) is 9.61. The highest BCUT2D eigenvalue weighted by molar-refractivity contribution is 6.74. The van der Waals surface area contributed by atoms with Gasteiger partial charge in [-0.25, -0.2) is 0 Å². The summed E-state index contributed by atoms with van der Waals surface area (Å²) in [6.07, 6.45) is 4.10. The van der Waals surface area contributed by atoms with Crippen molar-refractivity contribution in [2.24, 2.45) is 5.92 Å². The molecule has 3 atom stereocenters. The lowest BCUT2D eigenvalue weighted by molar-refractivity contribution is -0.113. The Morgan fingerprint density at radius 3 is 1.56 bits per heavy atom.